The summed E-state index contributed by atoms with van der Waals surface area (Å²) < 4.78 is 0. The van der Waals surface area contributed by atoms with E-state index in [9.17, 15) is 9.90 Å². The molecule has 2 N–H and O–H groups in total. The number of hydrogen-bond acceptors (Lipinski definition) is 3. The molecule has 3 rings (SSSR count). The molecule has 2 aromatic rings. The van der Waals surface area contributed by atoms with E-state index in [1.165, 1.54) is 0 Å². The average molecular weight is 256 g/mol. The highest BCUT2D eigenvalue weighted by molar-refractivity contribution is 5.94. The summed E-state index contributed by atoms with van der Waals surface area (Å²) in [4.78, 5) is 16.4. The molecule has 4 heteroatoms. The second-order valence-electron chi connectivity index (χ2n) is 5.01. The van der Waals surface area contributed by atoms with Crippen molar-refractivity contribution in [3.05, 3.63) is 36.5 Å². The van der Waals surface area contributed by atoms with Crippen LogP contribution in [0.25, 0.3) is 10.9 Å². The predicted molar refractivity (Wildman–Crippen MR) is 73.7 cm³/mol. The molecule has 98 valence electrons. The fourth-order valence-electron chi connectivity index (χ4n) is 2.62. The van der Waals surface area contributed by atoms with Crippen LogP contribution in [0.1, 0.15) is 19.3 Å². The van der Waals surface area contributed by atoms with Gasteiger partial charge in [-0.25, -0.2) is 0 Å². The number of nitrogens with zero attached hydrogens (tertiary/aromatic N) is 1. The Balaban J connectivity index is 1.79. The number of pyridine rings is 1. The van der Waals surface area contributed by atoms with Crippen molar-refractivity contribution >= 4 is 22.5 Å². The van der Waals surface area contributed by atoms with Crippen molar-refractivity contribution in [2.75, 3.05) is 5.32 Å². The van der Waals surface area contributed by atoms with Gasteiger partial charge in [0.2, 0.25) is 5.91 Å². The zero-order valence-electron chi connectivity index (χ0n) is 10.5. The second kappa shape index (κ2) is 4.97. The summed E-state index contributed by atoms with van der Waals surface area (Å²) >= 11 is 0. The van der Waals surface area contributed by atoms with Crippen LogP contribution in [0.4, 0.5) is 5.69 Å². The van der Waals surface area contributed by atoms with Crippen LogP contribution in [-0.4, -0.2) is 22.1 Å². The molecule has 1 aromatic heterocycles. The van der Waals surface area contributed by atoms with Gasteiger partial charge in [-0.3, -0.25) is 9.78 Å². The lowest BCUT2D eigenvalue weighted by atomic mass is 10.1. The molecule has 0 saturated heterocycles. The van der Waals surface area contributed by atoms with Crippen molar-refractivity contribution < 1.29 is 9.90 Å². The number of aliphatic hydroxyl groups is 1. The molecular weight excluding hydrogens is 240 g/mol. The second-order valence-corrected chi connectivity index (χ2v) is 5.01. The molecule has 2 unspecified atom stereocenters. The van der Waals surface area contributed by atoms with Gasteiger partial charge in [0.1, 0.15) is 0 Å². The lowest BCUT2D eigenvalue weighted by Gasteiger charge is -2.14. The summed E-state index contributed by atoms with van der Waals surface area (Å²) in [5, 5.41) is 13.6. The number of carbonyl (C=O) groups excluding carboxylic acids is 1. The Morgan fingerprint density at radius 2 is 2.16 bits per heavy atom. The standard InChI is InChI=1S/C15H16N2O2/c18-14-7-3-5-12(14)15(19)17-11-8-10-4-1-2-6-13(10)16-9-11/h1-2,4,6,8-9,12,14,18H,3,5,7H2,(H,17,19). The zero-order valence-corrected chi connectivity index (χ0v) is 10.5. The van der Waals surface area contributed by atoms with Crippen molar-refractivity contribution in [1.82, 2.24) is 4.98 Å². The van der Waals surface area contributed by atoms with Crippen molar-refractivity contribution in [3.63, 3.8) is 0 Å². The molecule has 1 aromatic carbocycles. The first kappa shape index (κ1) is 12.1. The van der Waals surface area contributed by atoms with Crippen LogP contribution in [0.2, 0.25) is 0 Å². The predicted octanol–water partition coefficient (Wildman–Crippen LogP) is 2.33. The third kappa shape index (κ3) is 2.44. The van der Waals surface area contributed by atoms with Gasteiger partial charge in [0, 0.05) is 5.39 Å². The normalized spacial score (nSPS) is 22.6. The summed E-state index contributed by atoms with van der Waals surface area (Å²) in [7, 11) is 0. The van der Waals surface area contributed by atoms with Gasteiger partial charge in [-0.15, -0.1) is 0 Å². The van der Waals surface area contributed by atoms with Crippen molar-refractivity contribution in [2.24, 2.45) is 5.92 Å². The number of anilines is 1. The quantitative estimate of drug-likeness (QED) is 0.867. The van der Waals surface area contributed by atoms with Crippen molar-refractivity contribution in [3.8, 4) is 0 Å². The van der Waals surface area contributed by atoms with E-state index in [0.29, 0.717) is 12.1 Å². The fraction of sp³-hybridized carbons (Fsp3) is 0.333. The average Bonchev–Trinajstić information content (AvgIpc) is 2.85. The van der Waals surface area contributed by atoms with Crippen LogP contribution in [0.3, 0.4) is 0 Å². The molecular formula is C15H16N2O2. The lowest BCUT2D eigenvalue weighted by Crippen LogP contribution is -2.28. The van der Waals surface area contributed by atoms with Crippen LogP contribution in [0.15, 0.2) is 36.5 Å². The minimum absolute atomic E-state index is 0.109. The summed E-state index contributed by atoms with van der Waals surface area (Å²) in [6, 6.07) is 9.67. The molecule has 1 saturated carbocycles. The lowest BCUT2D eigenvalue weighted by molar-refractivity contribution is -0.122. The maximum absolute atomic E-state index is 12.1. The minimum Gasteiger partial charge on any atom is -0.392 e. The molecule has 1 heterocycles. The molecule has 0 radical (unpaired) electrons. The van der Waals surface area contributed by atoms with Crippen LogP contribution in [0.5, 0.6) is 0 Å². The number of aliphatic hydroxyl groups excluding tert-OH is 1. The fourth-order valence-corrected chi connectivity index (χ4v) is 2.62. The summed E-state index contributed by atoms with van der Waals surface area (Å²) in [5.74, 6) is -0.395. The molecule has 0 aliphatic heterocycles. The Bertz CT molecular complexity index is 612. The molecule has 1 aliphatic rings. The van der Waals surface area contributed by atoms with Crippen LogP contribution in [-0.2, 0) is 4.79 Å². The first-order valence-electron chi connectivity index (χ1n) is 6.58. The van der Waals surface area contributed by atoms with Crippen molar-refractivity contribution in [1.29, 1.82) is 0 Å². The number of rotatable bonds is 2. The number of para-hydroxylation sites is 1. The molecule has 4 nitrogen and oxygen atoms in total. The Morgan fingerprint density at radius 3 is 2.95 bits per heavy atom. The summed E-state index contributed by atoms with van der Waals surface area (Å²) in [5.41, 5.74) is 1.59. The van der Waals surface area contributed by atoms with Gasteiger partial charge in [-0.05, 0) is 31.4 Å². The van der Waals surface area contributed by atoms with E-state index in [1.54, 1.807) is 6.20 Å². The third-order valence-electron chi connectivity index (χ3n) is 3.67. The molecule has 0 spiro atoms. The van der Waals surface area contributed by atoms with Gasteiger partial charge in [0.05, 0.1) is 29.4 Å². The van der Waals surface area contributed by atoms with Gasteiger partial charge in [0.25, 0.3) is 0 Å². The third-order valence-corrected chi connectivity index (χ3v) is 3.67. The van der Waals surface area contributed by atoms with Gasteiger partial charge in [-0.1, -0.05) is 18.2 Å². The zero-order chi connectivity index (χ0) is 13.2. The maximum Gasteiger partial charge on any atom is 0.230 e. The number of aromatic nitrogens is 1. The van der Waals surface area contributed by atoms with E-state index in [2.05, 4.69) is 10.3 Å². The number of nitrogens with one attached hydrogen (secondary N) is 1. The molecule has 1 fully saturated rings. The summed E-state index contributed by atoms with van der Waals surface area (Å²) in [6.45, 7) is 0. The Labute approximate surface area is 111 Å². The molecule has 2 atom stereocenters. The molecule has 19 heavy (non-hydrogen) atoms. The monoisotopic (exact) mass is 256 g/mol. The highest BCUT2D eigenvalue weighted by Gasteiger charge is 2.31. The highest BCUT2D eigenvalue weighted by atomic mass is 16.3. The molecule has 1 aliphatic carbocycles. The van der Waals surface area contributed by atoms with Crippen LogP contribution < -0.4 is 5.32 Å². The first-order chi connectivity index (χ1) is 9.24. The van der Waals surface area contributed by atoms with Crippen molar-refractivity contribution in [2.45, 2.75) is 25.4 Å². The van der Waals surface area contributed by atoms with E-state index in [1.807, 2.05) is 30.3 Å². The Hall–Kier alpha value is -1.94. The number of carbonyl (C=O) groups is 1. The first-order valence-corrected chi connectivity index (χ1v) is 6.58. The van der Waals surface area contributed by atoms with E-state index in [-0.39, 0.29) is 11.8 Å². The number of benzene rings is 1. The highest BCUT2D eigenvalue weighted by Crippen LogP contribution is 2.27. The van der Waals surface area contributed by atoms with Gasteiger partial charge < -0.3 is 10.4 Å². The van der Waals surface area contributed by atoms with Crippen LogP contribution >= 0.6 is 0 Å². The number of amides is 1. The Kier molecular flexibility index (Phi) is 3.17. The minimum atomic E-state index is -0.506. The van der Waals surface area contributed by atoms with E-state index >= 15 is 0 Å². The smallest absolute Gasteiger partial charge is 0.230 e. The summed E-state index contributed by atoms with van der Waals surface area (Å²) in [6.07, 6.45) is 3.53. The number of hydrogen-bond donors (Lipinski definition) is 2. The topological polar surface area (TPSA) is 62.2 Å². The van der Waals surface area contributed by atoms with Gasteiger partial charge in [-0.2, -0.15) is 0 Å². The molecule has 0 bridgehead atoms. The van der Waals surface area contributed by atoms with E-state index in [0.717, 1.165) is 23.7 Å². The molecule has 1 amide bonds. The SMILES string of the molecule is O=C(Nc1cnc2ccccc2c1)C1CCCC1O. The largest absolute Gasteiger partial charge is 0.392 e. The van der Waals surface area contributed by atoms with E-state index in [4.69, 9.17) is 0 Å². The maximum atomic E-state index is 12.1. The van der Waals surface area contributed by atoms with Gasteiger partial charge >= 0.3 is 0 Å². The van der Waals surface area contributed by atoms with Gasteiger partial charge in [0.15, 0.2) is 0 Å². The van der Waals surface area contributed by atoms with E-state index < -0.39 is 6.10 Å². The Morgan fingerprint density at radius 1 is 1.32 bits per heavy atom. The number of fused-ring (bicyclic) bond motifs is 1. The van der Waals surface area contributed by atoms with Crippen LogP contribution in [0, 0.1) is 5.92 Å².